The Kier molecular flexibility index (Phi) is 3.01. The van der Waals surface area contributed by atoms with Gasteiger partial charge in [0.05, 0.1) is 13.0 Å². The second-order valence-electron chi connectivity index (χ2n) is 2.94. The van der Waals surface area contributed by atoms with Gasteiger partial charge in [-0.2, -0.15) is 0 Å². The molecular formula is C10H12O3. The molecule has 1 atom stereocenters. The van der Waals surface area contributed by atoms with Gasteiger partial charge in [-0.25, -0.2) is 0 Å². The molecule has 0 radical (unpaired) electrons. The minimum absolute atomic E-state index is 0.0234. The summed E-state index contributed by atoms with van der Waals surface area (Å²) >= 11 is 0. The van der Waals surface area contributed by atoms with Gasteiger partial charge in [-0.1, -0.05) is 12.2 Å². The summed E-state index contributed by atoms with van der Waals surface area (Å²) in [6, 6.07) is 0. The summed E-state index contributed by atoms with van der Waals surface area (Å²) in [7, 11) is 1.33. The van der Waals surface area contributed by atoms with E-state index >= 15 is 0 Å². The van der Waals surface area contributed by atoms with Gasteiger partial charge in [0.15, 0.2) is 5.78 Å². The number of carbonyl (C=O) groups excluding carboxylic acids is 2. The molecule has 0 spiro atoms. The van der Waals surface area contributed by atoms with E-state index in [2.05, 4.69) is 11.3 Å². The predicted molar refractivity (Wildman–Crippen MR) is 48.0 cm³/mol. The lowest BCUT2D eigenvalue weighted by Gasteiger charge is -2.01. The van der Waals surface area contributed by atoms with Crippen molar-refractivity contribution in [3.05, 3.63) is 24.3 Å². The smallest absolute Gasteiger partial charge is 0.312 e. The molecule has 0 amide bonds. The van der Waals surface area contributed by atoms with Crippen molar-refractivity contribution in [3.8, 4) is 0 Å². The van der Waals surface area contributed by atoms with Crippen LogP contribution in [0.5, 0.6) is 0 Å². The van der Waals surface area contributed by atoms with Gasteiger partial charge in [-0.05, 0) is 12.0 Å². The van der Waals surface area contributed by atoms with Gasteiger partial charge in [-0.3, -0.25) is 9.59 Å². The molecule has 0 aliphatic heterocycles. The van der Waals surface area contributed by atoms with Crippen molar-refractivity contribution in [3.63, 3.8) is 0 Å². The molecule has 0 bridgehead atoms. The number of ether oxygens (including phenoxy) is 1. The molecule has 0 aromatic heterocycles. The van der Waals surface area contributed by atoms with Crippen LogP contribution in [0, 0.1) is 5.92 Å². The molecule has 3 nitrogen and oxygen atoms in total. The lowest BCUT2D eigenvalue weighted by Crippen LogP contribution is -2.12. The second kappa shape index (κ2) is 4.03. The van der Waals surface area contributed by atoms with Crippen molar-refractivity contribution in [1.82, 2.24) is 0 Å². The van der Waals surface area contributed by atoms with Crippen molar-refractivity contribution in [1.29, 1.82) is 0 Å². The minimum atomic E-state index is -0.382. The molecule has 0 saturated heterocycles. The van der Waals surface area contributed by atoms with Crippen LogP contribution in [0.3, 0.4) is 0 Å². The maximum absolute atomic E-state index is 11.3. The second-order valence-corrected chi connectivity index (χ2v) is 2.94. The van der Waals surface area contributed by atoms with Gasteiger partial charge in [-0.15, -0.1) is 6.58 Å². The van der Waals surface area contributed by atoms with Crippen LogP contribution < -0.4 is 0 Å². The van der Waals surface area contributed by atoms with Crippen molar-refractivity contribution in [2.75, 3.05) is 7.11 Å². The highest BCUT2D eigenvalue weighted by Crippen LogP contribution is 2.24. The number of esters is 1. The van der Waals surface area contributed by atoms with Gasteiger partial charge in [0.1, 0.15) is 0 Å². The molecule has 3 heteroatoms. The maximum Gasteiger partial charge on any atom is 0.312 e. The SMILES string of the molecule is C=CCC1=CC(C(=O)OC)CC1=O. The van der Waals surface area contributed by atoms with E-state index in [4.69, 9.17) is 0 Å². The van der Waals surface area contributed by atoms with E-state index in [9.17, 15) is 9.59 Å². The minimum Gasteiger partial charge on any atom is -0.469 e. The standard InChI is InChI=1S/C10H12O3/c1-3-4-7-5-8(6-9(7)11)10(12)13-2/h3,5,8H,1,4,6H2,2H3. The van der Waals surface area contributed by atoms with E-state index < -0.39 is 0 Å². The highest BCUT2D eigenvalue weighted by atomic mass is 16.5. The highest BCUT2D eigenvalue weighted by Gasteiger charge is 2.28. The molecule has 1 aliphatic rings. The lowest BCUT2D eigenvalue weighted by molar-refractivity contribution is -0.144. The fourth-order valence-corrected chi connectivity index (χ4v) is 1.37. The quantitative estimate of drug-likeness (QED) is 0.485. The fraction of sp³-hybridized carbons (Fsp3) is 0.400. The summed E-state index contributed by atoms with van der Waals surface area (Å²) in [6.45, 7) is 3.54. The molecule has 1 rings (SSSR count). The molecule has 0 heterocycles. The van der Waals surface area contributed by atoms with Gasteiger partial charge in [0.25, 0.3) is 0 Å². The van der Waals surface area contributed by atoms with E-state index in [1.807, 2.05) is 0 Å². The maximum atomic E-state index is 11.3. The lowest BCUT2D eigenvalue weighted by atomic mass is 10.1. The number of Topliss-reactive ketones (excluding diaryl/α,β-unsaturated/α-hetero) is 1. The summed E-state index contributed by atoms with van der Waals surface area (Å²) in [4.78, 5) is 22.3. The van der Waals surface area contributed by atoms with E-state index in [0.717, 1.165) is 0 Å². The topological polar surface area (TPSA) is 43.4 Å². The third kappa shape index (κ3) is 2.05. The molecule has 0 saturated carbocycles. The average Bonchev–Trinajstić information content (AvgIpc) is 2.47. The third-order valence-corrected chi connectivity index (χ3v) is 2.03. The van der Waals surface area contributed by atoms with Crippen LogP contribution >= 0.6 is 0 Å². The average molecular weight is 180 g/mol. The number of rotatable bonds is 3. The number of methoxy groups -OCH3 is 1. The van der Waals surface area contributed by atoms with E-state index in [1.54, 1.807) is 12.2 Å². The number of hydrogen-bond donors (Lipinski definition) is 0. The summed E-state index contributed by atoms with van der Waals surface area (Å²) in [5.41, 5.74) is 0.672. The number of allylic oxidation sites excluding steroid dienone is 2. The molecule has 0 N–H and O–H groups in total. The summed E-state index contributed by atoms with van der Waals surface area (Å²) in [5, 5.41) is 0. The largest absolute Gasteiger partial charge is 0.469 e. The molecular weight excluding hydrogens is 168 g/mol. The molecule has 0 fully saturated rings. The third-order valence-electron chi connectivity index (χ3n) is 2.03. The Morgan fingerprint density at radius 2 is 2.54 bits per heavy atom. The zero-order valence-electron chi connectivity index (χ0n) is 7.58. The van der Waals surface area contributed by atoms with E-state index in [0.29, 0.717) is 12.0 Å². The number of ketones is 1. The molecule has 0 aromatic rings. The van der Waals surface area contributed by atoms with Crippen LogP contribution in [-0.4, -0.2) is 18.9 Å². The summed E-state index contributed by atoms with van der Waals surface area (Å²) in [6.07, 6.45) is 4.11. The first-order valence-electron chi connectivity index (χ1n) is 4.11. The normalized spacial score (nSPS) is 21.2. The summed E-state index contributed by atoms with van der Waals surface area (Å²) < 4.78 is 4.55. The van der Waals surface area contributed by atoms with Crippen LogP contribution in [0.4, 0.5) is 0 Å². The van der Waals surface area contributed by atoms with Crippen LogP contribution in [0.2, 0.25) is 0 Å². The van der Waals surface area contributed by atoms with Crippen LogP contribution in [0.25, 0.3) is 0 Å². The summed E-state index contributed by atoms with van der Waals surface area (Å²) in [5.74, 6) is -0.699. The molecule has 13 heavy (non-hydrogen) atoms. The van der Waals surface area contributed by atoms with Gasteiger partial charge >= 0.3 is 5.97 Å². The fourth-order valence-electron chi connectivity index (χ4n) is 1.37. The van der Waals surface area contributed by atoms with Crippen LogP contribution in [0.1, 0.15) is 12.8 Å². The molecule has 1 unspecified atom stereocenters. The van der Waals surface area contributed by atoms with Crippen molar-refractivity contribution in [2.45, 2.75) is 12.8 Å². The first-order valence-corrected chi connectivity index (χ1v) is 4.11. The van der Waals surface area contributed by atoms with Gasteiger partial charge in [0, 0.05) is 6.42 Å². The number of carbonyl (C=O) groups is 2. The monoisotopic (exact) mass is 180 g/mol. The zero-order valence-corrected chi connectivity index (χ0v) is 7.58. The van der Waals surface area contributed by atoms with Crippen LogP contribution in [-0.2, 0) is 14.3 Å². The Bertz CT molecular complexity index is 276. The van der Waals surface area contributed by atoms with Crippen molar-refractivity contribution < 1.29 is 14.3 Å². The van der Waals surface area contributed by atoms with Gasteiger partial charge < -0.3 is 4.74 Å². The zero-order chi connectivity index (χ0) is 9.84. The highest BCUT2D eigenvalue weighted by molar-refractivity contribution is 6.01. The molecule has 70 valence electrons. The van der Waals surface area contributed by atoms with E-state index in [1.165, 1.54) is 7.11 Å². The molecule has 1 aliphatic carbocycles. The molecule has 0 aromatic carbocycles. The Morgan fingerprint density at radius 3 is 3.08 bits per heavy atom. The Balaban J connectivity index is 2.70. The van der Waals surface area contributed by atoms with Gasteiger partial charge in [0.2, 0.25) is 0 Å². The Morgan fingerprint density at radius 1 is 1.85 bits per heavy atom. The van der Waals surface area contributed by atoms with Crippen molar-refractivity contribution >= 4 is 11.8 Å². The first-order chi connectivity index (χ1) is 6.19. The van der Waals surface area contributed by atoms with E-state index in [-0.39, 0.29) is 24.1 Å². The first kappa shape index (κ1) is 9.71. The number of hydrogen-bond acceptors (Lipinski definition) is 3. The Hall–Kier alpha value is -1.38. The van der Waals surface area contributed by atoms with Crippen LogP contribution in [0.15, 0.2) is 24.3 Å². The Labute approximate surface area is 77.1 Å². The predicted octanol–water partition coefficient (Wildman–Crippen LogP) is 1.25. The van der Waals surface area contributed by atoms with Crippen molar-refractivity contribution in [2.24, 2.45) is 5.92 Å².